The Bertz CT molecular complexity index is 424. The molecule has 0 aliphatic heterocycles. The van der Waals surface area contributed by atoms with Crippen molar-refractivity contribution in [3.05, 3.63) is 44.0 Å². The van der Waals surface area contributed by atoms with E-state index >= 15 is 0 Å². The summed E-state index contributed by atoms with van der Waals surface area (Å²) in [4.78, 5) is 0. The molecule has 86 valence electrons. The second-order valence-corrected chi connectivity index (χ2v) is 6.43. The van der Waals surface area contributed by atoms with Gasteiger partial charge in [-0.25, -0.2) is 0 Å². The molecule has 0 aromatic carbocycles. The Hall–Kier alpha value is -0.330. The SMILES string of the molecule is CCCNC(c1ccoc1)c1csc(I)c1. The summed E-state index contributed by atoms with van der Waals surface area (Å²) in [6, 6.07) is 4.52. The van der Waals surface area contributed by atoms with Gasteiger partial charge in [0.1, 0.15) is 0 Å². The topological polar surface area (TPSA) is 25.2 Å². The Morgan fingerprint density at radius 3 is 2.94 bits per heavy atom. The monoisotopic (exact) mass is 347 g/mol. The van der Waals surface area contributed by atoms with Crippen LogP contribution in [0, 0.1) is 2.88 Å². The lowest BCUT2D eigenvalue weighted by molar-refractivity contribution is 0.548. The van der Waals surface area contributed by atoms with Crippen molar-refractivity contribution in [2.24, 2.45) is 0 Å². The van der Waals surface area contributed by atoms with Gasteiger partial charge in [0, 0.05) is 5.56 Å². The number of hydrogen-bond acceptors (Lipinski definition) is 3. The Morgan fingerprint density at radius 1 is 1.50 bits per heavy atom. The van der Waals surface area contributed by atoms with Gasteiger partial charge in [-0.3, -0.25) is 0 Å². The quantitative estimate of drug-likeness (QED) is 0.826. The predicted octanol–water partition coefficient (Wildman–Crippen LogP) is 4.03. The minimum atomic E-state index is 0.262. The molecule has 0 spiro atoms. The first-order valence-corrected chi connectivity index (χ1v) is 7.26. The second-order valence-electron chi connectivity index (χ2n) is 3.63. The highest BCUT2D eigenvalue weighted by Crippen LogP contribution is 2.27. The zero-order chi connectivity index (χ0) is 11.4. The van der Waals surface area contributed by atoms with Crippen LogP contribution < -0.4 is 5.32 Å². The van der Waals surface area contributed by atoms with E-state index in [4.69, 9.17) is 4.42 Å². The van der Waals surface area contributed by atoms with Gasteiger partial charge in [-0.15, -0.1) is 11.3 Å². The molecule has 2 rings (SSSR count). The van der Waals surface area contributed by atoms with Crippen molar-refractivity contribution < 1.29 is 4.42 Å². The molecule has 0 bridgehead atoms. The van der Waals surface area contributed by atoms with Crippen molar-refractivity contribution in [1.29, 1.82) is 0 Å². The average Bonchev–Trinajstić information content (AvgIpc) is 2.91. The summed E-state index contributed by atoms with van der Waals surface area (Å²) in [5.41, 5.74) is 2.52. The molecular formula is C12H14INOS. The van der Waals surface area contributed by atoms with Crippen molar-refractivity contribution in [1.82, 2.24) is 5.32 Å². The van der Waals surface area contributed by atoms with Crippen LogP contribution in [0.15, 0.2) is 34.5 Å². The Balaban J connectivity index is 2.21. The van der Waals surface area contributed by atoms with Gasteiger partial charge in [0.15, 0.2) is 0 Å². The van der Waals surface area contributed by atoms with Crippen molar-refractivity contribution in [2.45, 2.75) is 19.4 Å². The first-order valence-electron chi connectivity index (χ1n) is 5.30. The van der Waals surface area contributed by atoms with E-state index in [1.165, 1.54) is 14.0 Å². The smallest absolute Gasteiger partial charge is 0.0953 e. The van der Waals surface area contributed by atoms with E-state index in [2.05, 4.69) is 46.3 Å². The molecule has 1 unspecified atom stereocenters. The van der Waals surface area contributed by atoms with E-state index < -0.39 is 0 Å². The van der Waals surface area contributed by atoms with Gasteiger partial charge in [0.2, 0.25) is 0 Å². The molecule has 2 aromatic heterocycles. The second kappa shape index (κ2) is 5.84. The minimum absolute atomic E-state index is 0.262. The highest BCUT2D eigenvalue weighted by atomic mass is 127. The van der Waals surface area contributed by atoms with Crippen LogP contribution in [0.25, 0.3) is 0 Å². The van der Waals surface area contributed by atoms with Crippen molar-refractivity contribution in [3.8, 4) is 0 Å². The molecule has 1 N–H and O–H groups in total. The van der Waals surface area contributed by atoms with Gasteiger partial charge in [-0.05, 0) is 58.6 Å². The van der Waals surface area contributed by atoms with E-state index in [0.29, 0.717) is 0 Å². The normalized spacial score (nSPS) is 12.9. The molecule has 0 aliphatic rings. The number of thiophene rings is 1. The maximum absolute atomic E-state index is 5.17. The zero-order valence-electron chi connectivity index (χ0n) is 9.07. The van der Waals surface area contributed by atoms with Crippen LogP contribution in [0.2, 0.25) is 0 Å². The summed E-state index contributed by atoms with van der Waals surface area (Å²) in [5.74, 6) is 0. The van der Waals surface area contributed by atoms with Crippen LogP contribution >= 0.6 is 33.9 Å². The molecule has 0 amide bonds. The van der Waals surface area contributed by atoms with Gasteiger partial charge in [0.25, 0.3) is 0 Å². The van der Waals surface area contributed by atoms with E-state index in [9.17, 15) is 0 Å². The maximum atomic E-state index is 5.17. The van der Waals surface area contributed by atoms with Gasteiger partial charge in [-0.1, -0.05) is 6.92 Å². The molecule has 2 heterocycles. The highest BCUT2D eigenvalue weighted by Gasteiger charge is 2.15. The summed E-state index contributed by atoms with van der Waals surface area (Å²) in [7, 11) is 0. The summed E-state index contributed by atoms with van der Waals surface area (Å²) in [5, 5.41) is 5.76. The predicted molar refractivity (Wildman–Crippen MR) is 75.9 cm³/mol. The van der Waals surface area contributed by atoms with Gasteiger partial charge in [0.05, 0.1) is 21.5 Å². The van der Waals surface area contributed by atoms with E-state index in [1.54, 1.807) is 17.6 Å². The third-order valence-electron chi connectivity index (χ3n) is 2.40. The largest absolute Gasteiger partial charge is 0.472 e. The van der Waals surface area contributed by atoms with Crippen LogP contribution in [0.5, 0.6) is 0 Å². The molecule has 1 atom stereocenters. The van der Waals surface area contributed by atoms with Crippen LogP contribution in [0.1, 0.15) is 30.5 Å². The lowest BCUT2D eigenvalue weighted by atomic mass is 10.0. The third kappa shape index (κ3) is 2.87. The molecule has 0 fully saturated rings. The highest BCUT2D eigenvalue weighted by molar-refractivity contribution is 14.1. The summed E-state index contributed by atoms with van der Waals surface area (Å²) < 4.78 is 6.48. The molecule has 0 saturated carbocycles. The number of hydrogen-bond donors (Lipinski definition) is 1. The first kappa shape index (κ1) is 12.1. The lowest BCUT2D eigenvalue weighted by Crippen LogP contribution is -2.22. The average molecular weight is 347 g/mol. The maximum Gasteiger partial charge on any atom is 0.0953 e. The van der Waals surface area contributed by atoms with Crippen LogP contribution in [-0.4, -0.2) is 6.54 Å². The summed E-state index contributed by atoms with van der Waals surface area (Å²) >= 11 is 4.14. The molecule has 0 aliphatic carbocycles. The van der Waals surface area contributed by atoms with Crippen molar-refractivity contribution in [2.75, 3.05) is 6.54 Å². The molecule has 4 heteroatoms. The minimum Gasteiger partial charge on any atom is -0.472 e. The van der Waals surface area contributed by atoms with E-state index in [1.807, 2.05) is 12.3 Å². The van der Waals surface area contributed by atoms with Crippen molar-refractivity contribution in [3.63, 3.8) is 0 Å². The number of halogens is 1. The zero-order valence-corrected chi connectivity index (χ0v) is 12.0. The van der Waals surface area contributed by atoms with Crippen LogP contribution in [0.4, 0.5) is 0 Å². The van der Waals surface area contributed by atoms with Gasteiger partial charge >= 0.3 is 0 Å². The Morgan fingerprint density at radius 2 is 2.38 bits per heavy atom. The molecule has 0 saturated heterocycles. The number of furan rings is 1. The fraction of sp³-hybridized carbons (Fsp3) is 0.333. The number of rotatable bonds is 5. The lowest BCUT2D eigenvalue weighted by Gasteiger charge is -2.15. The molecule has 16 heavy (non-hydrogen) atoms. The molecule has 2 aromatic rings. The number of nitrogens with one attached hydrogen (secondary N) is 1. The first-order chi connectivity index (χ1) is 7.81. The summed E-state index contributed by atoms with van der Waals surface area (Å²) in [6.07, 6.45) is 4.68. The molecular weight excluding hydrogens is 333 g/mol. The van der Waals surface area contributed by atoms with Gasteiger partial charge in [-0.2, -0.15) is 0 Å². The summed E-state index contributed by atoms with van der Waals surface area (Å²) in [6.45, 7) is 3.19. The van der Waals surface area contributed by atoms with Crippen LogP contribution in [-0.2, 0) is 0 Å². The Labute approximate surface area is 113 Å². The molecule has 2 nitrogen and oxygen atoms in total. The Kier molecular flexibility index (Phi) is 4.43. The third-order valence-corrected chi connectivity index (χ3v) is 4.20. The standard InChI is InChI=1S/C12H14INOS/c1-2-4-14-12(9-3-5-15-7-9)10-6-11(13)16-8-10/h3,5-8,12,14H,2,4H2,1H3. The fourth-order valence-electron chi connectivity index (χ4n) is 1.63. The van der Waals surface area contributed by atoms with E-state index in [0.717, 1.165) is 13.0 Å². The van der Waals surface area contributed by atoms with E-state index in [-0.39, 0.29) is 6.04 Å². The van der Waals surface area contributed by atoms with Crippen molar-refractivity contribution >= 4 is 33.9 Å². The molecule has 0 radical (unpaired) electrons. The van der Waals surface area contributed by atoms with Crippen LogP contribution in [0.3, 0.4) is 0 Å². The fourth-order valence-corrected chi connectivity index (χ4v) is 3.03. The van der Waals surface area contributed by atoms with Gasteiger partial charge < -0.3 is 9.73 Å².